The molecule has 0 aromatic heterocycles. The molecule has 0 spiro atoms. The lowest BCUT2D eigenvalue weighted by Gasteiger charge is -2.18. The number of rotatable bonds is 5. The van der Waals surface area contributed by atoms with Gasteiger partial charge in [0.2, 0.25) is 5.91 Å². The van der Waals surface area contributed by atoms with E-state index in [9.17, 15) is 14.9 Å². The van der Waals surface area contributed by atoms with E-state index in [0.29, 0.717) is 17.1 Å². The second-order valence-electron chi connectivity index (χ2n) is 6.32. The molecule has 0 saturated carbocycles. The summed E-state index contributed by atoms with van der Waals surface area (Å²) < 4.78 is 5.02. The van der Waals surface area contributed by atoms with E-state index < -0.39 is 11.2 Å². The summed E-state index contributed by atoms with van der Waals surface area (Å²) >= 11 is 1.24. The van der Waals surface area contributed by atoms with Crippen LogP contribution in [0.2, 0.25) is 0 Å². The van der Waals surface area contributed by atoms with Crippen LogP contribution < -0.4 is 4.90 Å². The van der Waals surface area contributed by atoms with Crippen molar-refractivity contribution in [3.8, 4) is 6.07 Å². The lowest BCUT2D eigenvalue weighted by molar-refractivity contribution is -0.138. The maximum absolute atomic E-state index is 13.2. The van der Waals surface area contributed by atoms with E-state index in [2.05, 4.69) is 0 Å². The number of benzene rings is 2. The maximum Gasteiger partial charge on any atom is 0.351 e. The van der Waals surface area contributed by atoms with Crippen LogP contribution in [0.3, 0.4) is 0 Å². The Morgan fingerprint density at radius 1 is 1.18 bits per heavy atom. The second-order valence-corrected chi connectivity index (χ2v) is 7.51. The Hall–Kier alpha value is -3.04. The molecule has 142 valence electrons. The van der Waals surface area contributed by atoms with Crippen LogP contribution in [0.1, 0.15) is 18.1 Å². The van der Waals surface area contributed by atoms with Crippen molar-refractivity contribution in [1.82, 2.24) is 0 Å². The molecule has 1 fully saturated rings. The Balaban J connectivity index is 2.01. The first-order valence-electron chi connectivity index (χ1n) is 8.97. The van der Waals surface area contributed by atoms with Gasteiger partial charge in [0, 0.05) is 5.69 Å². The van der Waals surface area contributed by atoms with Gasteiger partial charge < -0.3 is 4.74 Å². The highest BCUT2D eigenvalue weighted by Gasteiger charge is 2.41. The average molecular weight is 392 g/mol. The fourth-order valence-electron chi connectivity index (χ4n) is 2.93. The van der Waals surface area contributed by atoms with Crippen LogP contribution in [0.25, 0.3) is 0 Å². The molecule has 1 heterocycles. The van der Waals surface area contributed by atoms with Gasteiger partial charge in [-0.05, 0) is 38.0 Å². The van der Waals surface area contributed by atoms with Crippen LogP contribution in [0, 0.1) is 18.3 Å². The molecule has 0 aliphatic carbocycles. The van der Waals surface area contributed by atoms with E-state index >= 15 is 0 Å². The molecule has 0 unspecified atom stereocenters. The van der Waals surface area contributed by atoms with Crippen molar-refractivity contribution < 1.29 is 14.3 Å². The van der Waals surface area contributed by atoms with Crippen LogP contribution in [0.5, 0.6) is 0 Å². The number of para-hydroxylation sites is 1. The number of nitrogens with zero attached hydrogens (tertiary/aromatic N) is 2. The van der Waals surface area contributed by atoms with E-state index in [0.717, 1.165) is 11.1 Å². The minimum absolute atomic E-state index is 0.143. The Labute approximate surface area is 168 Å². The topological polar surface area (TPSA) is 70.4 Å². The number of aryl methyl sites for hydroxylation is 1. The number of anilines is 1. The third kappa shape index (κ3) is 4.10. The number of hydrogen-bond donors (Lipinski definition) is 0. The number of thioether (sulfide) groups is 1. The first-order chi connectivity index (χ1) is 13.5. The van der Waals surface area contributed by atoms with Crippen molar-refractivity contribution >= 4 is 29.3 Å². The molecule has 1 aliphatic rings. The molecule has 6 heteroatoms. The predicted octanol–water partition coefficient (Wildman–Crippen LogP) is 3.98. The molecule has 2 aromatic carbocycles. The molecule has 1 amide bonds. The van der Waals surface area contributed by atoms with Gasteiger partial charge in [-0.1, -0.05) is 59.8 Å². The Morgan fingerprint density at radius 2 is 1.86 bits per heavy atom. The van der Waals surface area contributed by atoms with E-state index in [1.54, 1.807) is 19.1 Å². The minimum atomic E-state index is -0.711. The molecule has 0 N–H and O–H groups in total. The van der Waals surface area contributed by atoms with Gasteiger partial charge in [-0.3, -0.25) is 9.69 Å². The van der Waals surface area contributed by atoms with Crippen LogP contribution in [0.4, 0.5) is 5.69 Å². The lowest BCUT2D eigenvalue weighted by Crippen LogP contribution is -2.30. The number of esters is 1. The summed E-state index contributed by atoms with van der Waals surface area (Å²) in [6.45, 7) is 3.85. The van der Waals surface area contributed by atoms with Gasteiger partial charge in [0.05, 0.1) is 11.9 Å². The third-order valence-electron chi connectivity index (χ3n) is 4.31. The van der Waals surface area contributed by atoms with E-state index in [4.69, 9.17) is 4.74 Å². The average Bonchev–Trinajstić information content (AvgIpc) is 3.01. The van der Waals surface area contributed by atoms with E-state index in [-0.39, 0.29) is 18.1 Å². The van der Waals surface area contributed by atoms with Gasteiger partial charge in [-0.2, -0.15) is 5.26 Å². The van der Waals surface area contributed by atoms with Gasteiger partial charge in [0.25, 0.3) is 0 Å². The maximum atomic E-state index is 13.2. The zero-order valence-corrected chi connectivity index (χ0v) is 16.5. The summed E-state index contributed by atoms with van der Waals surface area (Å²) in [4.78, 5) is 26.9. The summed E-state index contributed by atoms with van der Waals surface area (Å²) in [5, 5.41) is 9.49. The van der Waals surface area contributed by atoms with Gasteiger partial charge in [0.1, 0.15) is 11.1 Å². The van der Waals surface area contributed by atoms with Crippen LogP contribution in [0.15, 0.2) is 65.2 Å². The van der Waals surface area contributed by atoms with Gasteiger partial charge in [-0.25, -0.2) is 4.79 Å². The quantitative estimate of drug-likeness (QED) is 0.437. The number of carbonyl (C=O) groups excluding carboxylic acids is 2. The van der Waals surface area contributed by atoms with Crippen molar-refractivity contribution in [2.24, 2.45) is 0 Å². The minimum Gasteiger partial charge on any atom is -0.462 e. The van der Waals surface area contributed by atoms with Crippen molar-refractivity contribution in [3.05, 3.63) is 76.3 Å². The molecule has 1 aliphatic heterocycles. The predicted molar refractivity (Wildman–Crippen MR) is 109 cm³/mol. The van der Waals surface area contributed by atoms with Crippen LogP contribution >= 0.6 is 11.8 Å². The highest BCUT2D eigenvalue weighted by molar-refractivity contribution is 8.05. The van der Waals surface area contributed by atoms with Crippen molar-refractivity contribution in [2.45, 2.75) is 25.5 Å². The molecule has 28 heavy (non-hydrogen) atoms. The summed E-state index contributed by atoms with van der Waals surface area (Å²) in [5.74, 6) is -0.860. The molecule has 5 nitrogen and oxygen atoms in total. The van der Waals surface area contributed by atoms with Crippen LogP contribution in [-0.2, 0) is 20.7 Å². The summed E-state index contributed by atoms with van der Waals surface area (Å²) in [5.41, 5.74) is 2.66. The second kappa shape index (κ2) is 8.77. The fourth-order valence-corrected chi connectivity index (χ4v) is 4.22. The normalized spacial score (nSPS) is 18.0. The van der Waals surface area contributed by atoms with Gasteiger partial charge in [0.15, 0.2) is 5.57 Å². The molecule has 0 bridgehead atoms. The lowest BCUT2D eigenvalue weighted by atomic mass is 10.1. The zero-order chi connectivity index (χ0) is 20.1. The largest absolute Gasteiger partial charge is 0.462 e. The van der Waals surface area contributed by atoms with Crippen molar-refractivity contribution in [2.75, 3.05) is 11.5 Å². The van der Waals surface area contributed by atoms with Crippen LogP contribution in [-0.4, -0.2) is 23.7 Å². The van der Waals surface area contributed by atoms with E-state index in [1.807, 2.05) is 55.5 Å². The molecule has 0 radical (unpaired) electrons. The number of carbonyl (C=O) groups is 2. The SMILES string of the molecule is CCOC(=O)/C(C#N)=C1\S[C@@H](Cc2ccc(C)cc2)C(=O)N1c1ccccc1. The third-order valence-corrected chi connectivity index (χ3v) is 5.58. The summed E-state index contributed by atoms with van der Waals surface area (Å²) in [6.07, 6.45) is 0.512. The fraction of sp³-hybridized carbons (Fsp3) is 0.227. The van der Waals surface area contributed by atoms with Crippen molar-refractivity contribution in [3.63, 3.8) is 0 Å². The number of nitriles is 1. The van der Waals surface area contributed by atoms with Gasteiger partial charge in [-0.15, -0.1) is 0 Å². The Morgan fingerprint density at radius 3 is 2.46 bits per heavy atom. The molecular weight excluding hydrogens is 372 g/mol. The first-order valence-corrected chi connectivity index (χ1v) is 9.85. The summed E-state index contributed by atoms with van der Waals surface area (Å²) in [7, 11) is 0. The van der Waals surface area contributed by atoms with E-state index in [1.165, 1.54) is 16.7 Å². The number of ether oxygens (including phenoxy) is 1. The van der Waals surface area contributed by atoms with Crippen molar-refractivity contribution in [1.29, 1.82) is 5.26 Å². The first kappa shape index (κ1) is 19.7. The standard InChI is InChI=1S/C22H20N2O3S/c1-3-27-22(26)18(14-23)21-24(17-7-5-4-6-8-17)20(25)19(28-21)13-16-11-9-15(2)10-12-16/h4-12,19H,3,13H2,1-2H3/b21-18-/t19-/m0/s1. The number of hydrogen-bond acceptors (Lipinski definition) is 5. The highest BCUT2D eigenvalue weighted by atomic mass is 32.2. The van der Waals surface area contributed by atoms with Gasteiger partial charge >= 0.3 is 5.97 Å². The highest BCUT2D eigenvalue weighted by Crippen LogP contribution is 2.41. The number of amides is 1. The Kier molecular flexibility index (Phi) is 6.17. The molecule has 1 atom stereocenters. The molecular formula is C22H20N2O3S. The molecule has 1 saturated heterocycles. The Bertz CT molecular complexity index is 946. The molecule has 3 rings (SSSR count). The molecule has 2 aromatic rings. The summed E-state index contributed by atoms with van der Waals surface area (Å²) in [6, 6.07) is 19.0. The zero-order valence-electron chi connectivity index (χ0n) is 15.7. The smallest absolute Gasteiger partial charge is 0.351 e. The monoisotopic (exact) mass is 392 g/mol.